The molecule has 2 heterocycles. The van der Waals surface area contributed by atoms with Crippen molar-refractivity contribution in [2.45, 2.75) is 38.8 Å². The number of nitrogens with zero attached hydrogens (tertiary/aromatic N) is 2. The first-order valence-corrected chi connectivity index (χ1v) is 12.9. The van der Waals surface area contributed by atoms with Crippen molar-refractivity contribution in [2.24, 2.45) is 5.92 Å². The van der Waals surface area contributed by atoms with E-state index in [1.165, 1.54) is 17.0 Å². The Hall–Kier alpha value is -2.44. The molecule has 1 aromatic carbocycles. The second-order valence-corrected chi connectivity index (χ2v) is 10.2. The normalized spacial score (nSPS) is 16.3. The van der Waals surface area contributed by atoms with Crippen molar-refractivity contribution in [1.82, 2.24) is 9.80 Å². The van der Waals surface area contributed by atoms with Crippen molar-refractivity contribution in [2.75, 3.05) is 46.0 Å². The average molecular weight is 503 g/mol. The summed E-state index contributed by atoms with van der Waals surface area (Å²) in [5, 5.41) is 12.5. The number of hydrogen-bond acceptors (Lipinski definition) is 6. The molecule has 1 aromatic heterocycles. The van der Waals surface area contributed by atoms with Crippen LogP contribution < -0.4 is 4.74 Å². The smallest absolute Gasteiger partial charge is 0.237 e. The largest absolute Gasteiger partial charge is 0.491 e. The molecule has 0 bridgehead atoms. The maximum absolute atomic E-state index is 13.5. The maximum atomic E-state index is 13.5. The van der Waals surface area contributed by atoms with Crippen LogP contribution in [0.15, 0.2) is 35.7 Å². The van der Waals surface area contributed by atoms with Crippen LogP contribution in [0.5, 0.6) is 5.75 Å². The van der Waals surface area contributed by atoms with Crippen LogP contribution in [0.2, 0.25) is 0 Å². The monoisotopic (exact) mass is 502 g/mol. The minimum atomic E-state index is -0.731. The van der Waals surface area contributed by atoms with E-state index in [9.17, 15) is 14.3 Å². The Bertz CT molecular complexity index is 972. The lowest BCUT2D eigenvalue weighted by Crippen LogP contribution is -2.48. The van der Waals surface area contributed by atoms with Crippen LogP contribution in [0.4, 0.5) is 4.39 Å². The van der Waals surface area contributed by atoms with Crippen LogP contribution in [0.3, 0.4) is 0 Å². The van der Waals surface area contributed by atoms with Crippen LogP contribution >= 0.6 is 11.3 Å². The highest BCUT2D eigenvalue weighted by Gasteiger charge is 2.33. The van der Waals surface area contributed by atoms with Gasteiger partial charge < -0.3 is 19.5 Å². The number of rotatable bonds is 13. The summed E-state index contributed by atoms with van der Waals surface area (Å²) in [7, 11) is 0. The Morgan fingerprint density at radius 2 is 2.11 bits per heavy atom. The highest BCUT2D eigenvalue weighted by atomic mass is 32.1. The first-order valence-electron chi connectivity index (χ1n) is 12.0. The Labute approximate surface area is 211 Å². The number of fused-ring (bicyclic) bond motifs is 1. The number of ether oxygens (including phenoxy) is 2. The zero-order valence-electron chi connectivity index (χ0n) is 20.5. The molecule has 6 nitrogen and oxygen atoms in total. The molecule has 0 spiro atoms. The van der Waals surface area contributed by atoms with Gasteiger partial charge in [0.15, 0.2) is 0 Å². The molecule has 0 aliphatic carbocycles. The van der Waals surface area contributed by atoms with Crippen molar-refractivity contribution in [3.05, 3.63) is 52.0 Å². The van der Waals surface area contributed by atoms with Gasteiger partial charge in [0.1, 0.15) is 24.8 Å². The van der Waals surface area contributed by atoms with Gasteiger partial charge in [-0.15, -0.1) is 17.8 Å². The van der Waals surface area contributed by atoms with Crippen molar-refractivity contribution in [3.8, 4) is 18.1 Å². The molecule has 0 radical (unpaired) electrons. The summed E-state index contributed by atoms with van der Waals surface area (Å²) in [6.07, 6.45) is 6.20. The van der Waals surface area contributed by atoms with E-state index in [-0.39, 0.29) is 44.1 Å². The second kappa shape index (κ2) is 13.6. The molecule has 0 saturated heterocycles. The third kappa shape index (κ3) is 8.32. The maximum Gasteiger partial charge on any atom is 0.237 e. The van der Waals surface area contributed by atoms with Crippen molar-refractivity contribution in [1.29, 1.82) is 0 Å². The second-order valence-electron chi connectivity index (χ2n) is 9.21. The third-order valence-electron chi connectivity index (χ3n) is 5.98. The molecule has 2 unspecified atom stereocenters. The predicted octanol–water partition coefficient (Wildman–Crippen LogP) is 3.75. The van der Waals surface area contributed by atoms with E-state index in [2.05, 4.69) is 25.8 Å². The number of benzene rings is 1. The van der Waals surface area contributed by atoms with Crippen LogP contribution in [0.25, 0.3) is 0 Å². The van der Waals surface area contributed by atoms with Gasteiger partial charge >= 0.3 is 0 Å². The standard InChI is InChI=1S/C27H35FN2O4S/c1-4-14-33-18-22(31)16-29(12-9-20(2)3)17-27(32)30-13-10-26-24(11-15-35-26)25(30)19-34-23-7-5-21(28)6-8-23/h1,5-8,11,15,20,22,25,31H,9-10,12-14,16-19H2,2-3H3. The van der Waals surface area contributed by atoms with Crippen molar-refractivity contribution >= 4 is 17.2 Å². The number of terminal acetylenes is 1. The summed E-state index contributed by atoms with van der Waals surface area (Å²) < 4.78 is 24.5. The van der Waals surface area contributed by atoms with Gasteiger partial charge in [0.05, 0.1) is 25.3 Å². The Kier molecular flexibility index (Phi) is 10.5. The summed E-state index contributed by atoms with van der Waals surface area (Å²) in [6.45, 7) is 6.68. The van der Waals surface area contributed by atoms with Crippen LogP contribution in [0, 0.1) is 24.1 Å². The highest BCUT2D eigenvalue weighted by Crippen LogP contribution is 2.34. The lowest BCUT2D eigenvalue weighted by atomic mass is 10.00. The summed E-state index contributed by atoms with van der Waals surface area (Å²) in [6, 6.07) is 7.74. The predicted molar refractivity (Wildman–Crippen MR) is 136 cm³/mol. The molecule has 2 aromatic rings. The molecule has 2 atom stereocenters. The molecule has 35 heavy (non-hydrogen) atoms. The van der Waals surface area contributed by atoms with Crippen molar-refractivity contribution < 1.29 is 23.8 Å². The van der Waals surface area contributed by atoms with Crippen LogP contribution in [0.1, 0.15) is 36.8 Å². The van der Waals surface area contributed by atoms with Gasteiger partial charge in [-0.3, -0.25) is 9.69 Å². The summed E-state index contributed by atoms with van der Waals surface area (Å²) in [5.74, 6) is 3.11. The van der Waals surface area contributed by atoms with Gasteiger partial charge in [0, 0.05) is 18.0 Å². The molecule has 1 aliphatic heterocycles. The lowest BCUT2D eigenvalue weighted by molar-refractivity contribution is -0.136. The summed E-state index contributed by atoms with van der Waals surface area (Å²) >= 11 is 1.70. The number of amides is 1. The molecule has 1 N–H and O–H groups in total. The minimum absolute atomic E-state index is 0.00458. The number of thiophene rings is 1. The Balaban J connectivity index is 1.68. The minimum Gasteiger partial charge on any atom is -0.491 e. The number of carbonyl (C=O) groups excluding carboxylic acids is 1. The van der Waals surface area contributed by atoms with Gasteiger partial charge in [-0.1, -0.05) is 19.8 Å². The van der Waals surface area contributed by atoms with Gasteiger partial charge in [-0.2, -0.15) is 0 Å². The highest BCUT2D eigenvalue weighted by molar-refractivity contribution is 7.10. The van der Waals surface area contributed by atoms with Crippen LogP contribution in [-0.4, -0.2) is 72.9 Å². The molecule has 1 amide bonds. The molecule has 0 saturated carbocycles. The van der Waals surface area contributed by atoms with Crippen molar-refractivity contribution in [3.63, 3.8) is 0 Å². The first kappa shape index (κ1) is 27.2. The molecule has 0 fully saturated rings. The lowest BCUT2D eigenvalue weighted by Gasteiger charge is -2.37. The summed E-state index contributed by atoms with van der Waals surface area (Å²) in [5.41, 5.74) is 1.10. The number of aliphatic hydroxyl groups is 1. The molecule has 8 heteroatoms. The van der Waals surface area contributed by atoms with E-state index in [1.807, 2.05) is 15.2 Å². The van der Waals surface area contributed by atoms with Gasteiger partial charge in [0.2, 0.25) is 5.91 Å². The fourth-order valence-corrected chi connectivity index (χ4v) is 5.07. The summed E-state index contributed by atoms with van der Waals surface area (Å²) in [4.78, 5) is 18.7. The zero-order valence-corrected chi connectivity index (χ0v) is 21.3. The number of halogens is 1. The SMILES string of the molecule is C#CCOCC(O)CN(CCC(C)C)CC(=O)N1CCc2sccc2C1COc1ccc(F)cc1. The fraction of sp³-hybridized carbons (Fsp3) is 0.519. The molecule has 1 aliphatic rings. The first-order chi connectivity index (χ1) is 16.9. The molecule has 190 valence electrons. The van der Waals surface area contributed by atoms with E-state index in [1.54, 1.807) is 23.5 Å². The third-order valence-corrected chi connectivity index (χ3v) is 6.98. The number of aliphatic hydroxyl groups excluding tert-OH is 1. The van der Waals surface area contributed by atoms with E-state index >= 15 is 0 Å². The van der Waals surface area contributed by atoms with E-state index < -0.39 is 6.10 Å². The molecular formula is C27H35FN2O4S. The topological polar surface area (TPSA) is 62.2 Å². The zero-order chi connectivity index (χ0) is 25.2. The van der Waals surface area contributed by atoms with Crippen LogP contribution in [-0.2, 0) is 16.0 Å². The van der Waals surface area contributed by atoms with Gasteiger partial charge in [0.25, 0.3) is 0 Å². The molecule has 3 rings (SSSR count). The molecular weight excluding hydrogens is 467 g/mol. The Morgan fingerprint density at radius 1 is 1.34 bits per heavy atom. The number of carbonyl (C=O) groups is 1. The quantitative estimate of drug-likeness (QED) is 0.334. The number of hydrogen-bond donors (Lipinski definition) is 1. The van der Waals surface area contributed by atoms with E-state index in [0.717, 1.165) is 18.4 Å². The van der Waals surface area contributed by atoms with Gasteiger partial charge in [-0.05, 0) is 66.6 Å². The Morgan fingerprint density at radius 3 is 2.83 bits per heavy atom. The van der Waals surface area contributed by atoms with Gasteiger partial charge in [-0.25, -0.2) is 4.39 Å². The van der Waals surface area contributed by atoms with E-state index in [0.29, 0.717) is 31.3 Å². The fourth-order valence-electron chi connectivity index (χ4n) is 4.14. The van der Waals surface area contributed by atoms with E-state index in [4.69, 9.17) is 15.9 Å². The average Bonchev–Trinajstić information content (AvgIpc) is 3.31.